The van der Waals surface area contributed by atoms with Crippen molar-refractivity contribution in [2.75, 3.05) is 7.11 Å². The number of rotatable bonds is 2. The van der Waals surface area contributed by atoms with Crippen LogP contribution in [0.2, 0.25) is 0 Å². The Morgan fingerprint density at radius 2 is 1.92 bits per heavy atom. The highest BCUT2D eigenvalue weighted by molar-refractivity contribution is 5.85. The molecule has 2 aromatic carbocycles. The molecule has 2 heterocycles. The molecule has 1 aliphatic heterocycles. The minimum absolute atomic E-state index is 0. The summed E-state index contributed by atoms with van der Waals surface area (Å²) in [6, 6.07) is 17.7. The highest BCUT2D eigenvalue weighted by Crippen LogP contribution is 2.39. The molecule has 0 spiro atoms. The highest BCUT2D eigenvalue weighted by Gasteiger charge is 2.27. The lowest BCUT2D eigenvalue weighted by Crippen LogP contribution is -2.22. The quantitative estimate of drug-likeness (QED) is 0.744. The van der Waals surface area contributed by atoms with Crippen molar-refractivity contribution in [2.45, 2.75) is 12.6 Å². The zero-order valence-electron chi connectivity index (χ0n) is 13.3. The molecule has 4 nitrogen and oxygen atoms in total. The predicted octanol–water partition coefficient (Wildman–Crippen LogP) is 3.81. The summed E-state index contributed by atoms with van der Waals surface area (Å²) >= 11 is 0. The number of benzene rings is 2. The van der Waals surface area contributed by atoms with Crippen molar-refractivity contribution < 1.29 is 9.84 Å². The number of fused-ring (bicyclic) bond motifs is 3. The highest BCUT2D eigenvalue weighted by atomic mass is 35.5. The summed E-state index contributed by atoms with van der Waals surface area (Å²) in [6.07, 6.45) is 2.06. The second kappa shape index (κ2) is 6.59. The molecule has 1 unspecified atom stereocenters. The van der Waals surface area contributed by atoms with Crippen LogP contribution < -0.4 is 10.1 Å². The Bertz CT molecular complexity index is 860. The van der Waals surface area contributed by atoms with Gasteiger partial charge in [-0.25, -0.2) is 0 Å². The van der Waals surface area contributed by atoms with Gasteiger partial charge in [-0.2, -0.15) is 0 Å². The van der Waals surface area contributed by atoms with Crippen LogP contribution in [0.25, 0.3) is 5.69 Å². The fourth-order valence-corrected chi connectivity index (χ4v) is 3.31. The van der Waals surface area contributed by atoms with Gasteiger partial charge in [-0.1, -0.05) is 24.3 Å². The van der Waals surface area contributed by atoms with Crippen molar-refractivity contribution in [1.29, 1.82) is 0 Å². The van der Waals surface area contributed by atoms with Crippen LogP contribution in [0.3, 0.4) is 0 Å². The molecule has 24 heavy (non-hydrogen) atoms. The molecule has 1 atom stereocenters. The van der Waals surface area contributed by atoms with E-state index in [1.807, 2.05) is 24.3 Å². The van der Waals surface area contributed by atoms with Crippen molar-refractivity contribution in [3.05, 3.63) is 77.6 Å². The van der Waals surface area contributed by atoms with Crippen LogP contribution in [-0.2, 0) is 6.54 Å². The third-order valence-electron chi connectivity index (χ3n) is 4.38. The van der Waals surface area contributed by atoms with E-state index >= 15 is 0 Å². The topological polar surface area (TPSA) is 46.4 Å². The number of phenols is 1. The first-order valence-corrected chi connectivity index (χ1v) is 7.64. The molecule has 0 saturated carbocycles. The van der Waals surface area contributed by atoms with Gasteiger partial charge in [0.2, 0.25) is 0 Å². The maximum absolute atomic E-state index is 10.4. The Kier molecular flexibility index (Phi) is 4.51. The molecule has 3 aromatic rings. The first-order chi connectivity index (χ1) is 11.3. The van der Waals surface area contributed by atoms with Crippen LogP contribution >= 0.6 is 12.4 Å². The minimum Gasteiger partial charge on any atom is -0.507 e. The average Bonchev–Trinajstić information content (AvgIpc) is 3.00. The number of phenolic OH excluding ortho intramolecular Hbond substituents is 1. The Hall–Kier alpha value is -2.43. The van der Waals surface area contributed by atoms with E-state index in [0.717, 1.165) is 23.5 Å². The third kappa shape index (κ3) is 2.54. The van der Waals surface area contributed by atoms with Gasteiger partial charge in [-0.05, 0) is 35.9 Å². The zero-order chi connectivity index (χ0) is 15.8. The van der Waals surface area contributed by atoms with Gasteiger partial charge in [0.25, 0.3) is 0 Å². The van der Waals surface area contributed by atoms with Crippen LogP contribution in [0.5, 0.6) is 11.5 Å². The number of hydrogen-bond acceptors (Lipinski definition) is 3. The van der Waals surface area contributed by atoms with E-state index < -0.39 is 0 Å². The van der Waals surface area contributed by atoms with Crippen molar-refractivity contribution in [3.8, 4) is 17.2 Å². The number of aromatic hydroxyl groups is 1. The van der Waals surface area contributed by atoms with E-state index in [9.17, 15) is 5.11 Å². The molecule has 1 aromatic heterocycles. The normalized spacial score (nSPS) is 15.6. The SMILES string of the molecule is COc1cccc(O)c1C1NCc2ccccc2-n2cccc21.Cl. The number of methoxy groups -OCH3 is 1. The smallest absolute Gasteiger partial charge is 0.127 e. The number of nitrogens with one attached hydrogen (secondary N) is 1. The van der Waals surface area contributed by atoms with Crippen LogP contribution in [0.4, 0.5) is 0 Å². The summed E-state index contributed by atoms with van der Waals surface area (Å²) in [5, 5.41) is 14.0. The van der Waals surface area contributed by atoms with E-state index in [2.05, 4.69) is 34.3 Å². The maximum Gasteiger partial charge on any atom is 0.127 e. The number of hydrogen-bond donors (Lipinski definition) is 2. The predicted molar refractivity (Wildman–Crippen MR) is 96.4 cm³/mol. The Morgan fingerprint density at radius 3 is 2.75 bits per heavy atom. The van der Waals surface area contributed by atoms with Gasteiger partial charge in [0.15, 0.2) is 0 Å². The fraction of sp³-hybridized carbons (Fsp3) is 0.158. The largest absolute Gasteiger partial charge is 0.507 e. The van der Waals surface area contributed by atoms with E-state index in [-0.39, 0.29) is 24.2 Å². The molecule has 0 bridgehead atoms. The van der Waals surface area contributed by atoms with Crippen LogP contribution in [0, 0.1) is 0 Å². The summed E-state index contributed by atoms with van der Waals surface area (Å²) in [4.78, 5) is 0. The molecular weight excluding hydrogens is 324 g/mol. The van der Waals surface area contributed by atoms with Crippen molar-refractivity contribution >= 4 is 12.4 Å². The number of ether oxygens (including phenoxy) is 1. The molecule has 0 aliphatic carbocycles. The third-order valence-corrected chi connectivity index (χ3v) is 4.38. The second-order valence-electron chi connectivity index (χ2n) is 5.64. The lowest BCUT2D eigenvalue weighted by atomic mass is 10.0. The first kappa shape index (κ1) is 16.4. The lowest BCUT2D eigenvalue weighted by Gasteiger charge is -2.21. The minimum atomic E-state index is -0.145. The number of para-hydroxylation sites is 1. The van der Waals surface area contributed by atoms with Gasteiger partial charge in [-0.15, -0.1) is 12.4 Å². The summed E-state index contributed by atoms with van der Waals surface area (Å²) in [5.41, 5.74) is 4.23. The number of aromatic nitrogens is 1. The number of halogens is 1. The van der Waals surface area contributed by atoms with Gasteiger partial charge < -0.3 is 19.7 Å². The molecular formula is C19H19ClN2O2. The second-order valence-corrected chi connectivity index (χ2v) is 5.64. The molecule has 2 N–H and O–H groups in total. The van der Waals surface area contributed by atoms with Crippen molar-refractivity contribution in [2.24, 2.45) is 0 Å². The van der Waals surface area contributed by atoms with Crippen molar-refractivity contribution in [1.82, 2.24) is 9.88 Å². The first-order valence-electron chi connectivity index (χ1n) is 7.64. The lowest BCUT2D eigenvalue weighted by molar-refractivity contribution is 0.390. The van der Waals surface area contributed by atoms with Gasteiger partial charge in [0, 0.05) is 24.1 Å². The summed E-state index contributed by atoms with van der Waals surface area (Å²) in [5.74, 6) is 0.918. The Balaban J connectivity index is 0.00000169. The van der Waals surface area contributed by atoms with E-state index in [4.69, 9.17) is 4.74 Å². The van der Waals surface area contributed by atoms with Crippen molar-refractivity contribution in [3.63, 3.8) is 0 Å². The molecule has 0 fully saturated rings. The number of nitrogens with zero attached hydrogens (tertiary/aromatic N) is 1. The maximum atomic E-state index is 10.4. The molecule has 0 radical (unpaired) electrons. The van der Waals surface area contributed by atoms with E-state index in [1.54, 1.807) is 19.2 Å². The van der Waals surface area contributed by atoms with Gasteiger partial charge >= 0.3 is 0 Å². The summed E-state index contributed by atoms with van der Waals surface area (Å²) in [6.45, 7) is 0.722. The van der Waals surface area contributed by atoms with Crippen LogP contribution in [-0.4, -0.2) is 16.8 Å². The van der Waals surface area contributed by atoms with Gasteiger partial charge in [0.1, 0.15) is 11.5 Å². The van der Waals surface area contributed by atoms with E-state index in [1.165, 1.54) is 5.56 Å². The molecule has 1 aliphatic rings. The molecule has 5 heteroatoms. The fourth-order valence-electron chi connectivity index (χ4n) is 3.31. The van der Waals surface area contributed by atoms with Gasteiger partial charge in [0.05, 0.1) is 18.7 Å². The molecule has 0 amide bonds. The van der Waals surface area contributed by atoms with Crippen LogP contribution in [0.15, 0.2) is 60.8 Å². The standard InChI is InChI=1S/C19H18N2O2.ClH/c1-23-17-10-4-9-16(22)18(17)19-15-8-5-11-21(15)14-7-3-2-6-13(14)12-20-19;/h2-11,19-20,22H,12H2,1H3;1H. The summed E-state index contributed by atoms with van der Waals surface area (Å²) in [7, 11) is 1.63. The Morgan fingerprint density at radius 1 is 1.08 bits per heavy atom. The zero-order valence-corrected chi connectivity index (χ0v) is 14.1. The van der Waals surface area contributed by atoms with Gasteiger partial charge in [-0.3, -0.25) is 0 Å². The van der Waals surface area contributed by atoms with E-state index in [0.29, 0.717) is 5.75 Å². The molecule has 4 rings (SSSR count). The Labute approximate surface area is 147 Å². The summed E-state index contributed by atoms with van der Waals surface area (Å²) < 4.78 is 7.65. The average molecular weight is 343 g/mol. The monoisotopic (exact) mass is 342 g/mol. The molecule has 124 valence electrons. The van der Waals surface area contributed by atoms with Crippen LogP contribution in [0.1, 0.15) is 22.9 Å². The molecule has 0 saturated heterocycles.